The molecule has 0 aliphatic rings. The minimum Gasteiger partial charge on any atom is -0.340 e. The largest absolute Gasteiger partial charge is 0.340 e. The first-order valence-electron chi connectivity index (χ1n) is 3.54. The molecular weight excluding hydrogens is 267 g/mol. The Kier molecular flexibility index (Phi) is 1.95. The van der Waals surface area contributed by atoms with Gasteiger partial charge in [0, 0.05) is 0 Å². The summed E-state index contributed by atoms with van der Waals surface area (Å²) in [5, 5.41) is 0. The van der Waals surface area contributed by atoms with E-state index in [2.05, 4.69) is 42.5 Å². The van der Waals surface area contributed by atoms with Gasteiger partial charge in [0.2, 0.25) is 0 Å². The molecule has 0 saturated carbocycles. The van der Waals surface area contributed by atoms with Crippen LogP contribution in [0.25, 0.3) is 11.2 Å². The number of alkyl halides is 1. The lowest BCUT2D eigenvalue weighted by Gasteiger charge is -1.90. The van der Waals surface area contributed by atoms with Crippen LogP contribution >= 0.6 is 22.6 Å². The zero-order valence-electron chi connectivity index (χ0n) is 6.50. The third-order valence-electron chi connectivity index (χ3n) is 1.53. The molecule has 12 heavy (non-hydrogen) atoms. The zero-order valence-corrected chi connectivity index (χ0v) is 8.66. The molecule has 5 heteroatoms. The number of H-pyrrole nitrogens is 1. The van der Waals surface area contributed by atoms with Gasteiger partial charge in [0.25, 0.3) is 0 Å². The maximum atomic E-state index is 4.25. The highest BCUT2D eigenvalue weighted by atomic mass is 127. The number of hydrogen-bond donors (Lipinski definition) is 1. The van der Waals surface area contributed by atoms with Gasteiger partial charge < -0.3 is 4.98 Å². The quantitative estimate of drug-likeness (QED) is 0.634. The Bertz CT molecular complexity index is 409. The van der Waals surface area contributed by atoms with Crippen molar-refractivity contribution < 1.29 is 0 Å². The van der Waals surface area contributed by atoms with Crippen molar-refractivity contribution in [2.24, 2.45) is 0 Å². The van der Waals surface area contributed by atoms with Crippen LogP contribution in [0.4, 0.5) is 0 Å². The molecule has 4 nitrogen and oxygen atoms in total. The summed E-state index contributed by atoms with van der Waals surface area (Å²) in [5.74, 6) is 1.71. The number of aryl methyl sites for hydroxylation is 1. The zero-order chi connectivity index (χ0) is 8.55. The summed E-state index contributed by atoms with van der Waals surface area (Å²) in [5.41, 5.74) is 1.66. The van der Waals surface area contributed by atoms with Crippen LogP contribution < -0.4 is 0 Å². The number of halogens is 1. The van der Waals surface area contributed by atoms with Gasteiger partial charge in [0.1, 0.15) is 17.2 Å². The van der Waals surface area contributed by atoms with Crippen molar-refractivity contribution in [3.8, 4) is 0 Å². The maximum Gasteiger partial charge on any atom is 0.181 e. The molecule has 0 bridgehead atoms. The molecule has 2 aromatic heterocycles. The van der Waals surface area contributed by atoms with Crippen molar-refractivity contribution in [3.05, 3.63) is 17.8 Å². The monoisotopic (exact) mass is 274 g/mol. The van der Waals surface area contributed by atoms with E-state index in [9.17, 15) is 0 Å². The van der Waals surface area contributed by atoms with Gasteiger partial charge in [-0.2, -0.15) is 0 Å². The average molecular weight is 274 g/mol. The van der Waals surface area contributed by atoms with E-state index in [1.165, 1.54) is 0 Å². The molecule has 0 saturated heterocycles. The molecule has 2 heterocycles. The molecule has 2 rings (SSSR count). The van der Waals surface area contributed by atoms with Crippen LogP contribution in [0.2, 0.25) is 0 Å². The number of rotatable bonds is 1. The van der Waals surface area contributed by atoms with E-state index in [0.29, 0.717) is 0 Å². The van der Waals surface area contributed by atoms with E-state index >= 15 is 0 Å². The van der Waals surface area contributed by atoms with Crippen LogP contribution in [-0.2, 0) is 4.43 Å². The molecule has 0 radical (unpaired) electrons. The number of nitrogens with zero attached hydrogens (tertiary/aromatic N) is 3. The van der Waals surface area contributed by atoms with E-state index in [1.54, 1.807) is 6.20 Å². The first-order chi connectivity index (χ1) is 5.79. The number of nitrogens with one attached hydrogen (secondary N) is 1. The third kappa shape index (κ3) is 1.28. The number of aromatic amines is 1. The Morgan fingerprint density at radius 1 is 1.50 bits per heavy atom. The summed E-state index contributed by atoms with van der Waals surface area (Å²) in [6, 6.07) is 0. The maximum absolute atomic E-state index is 4.25. The van der Waals surface area contributed by atoms with Gasteiger partial charge in [-0.15, -0.1) is 0 Å². The first kappa shape index (κ1) is 7.90. The average Bonchev–Trinajstić information content (AvgIpc) is 2.43. The minimum absolute atomic E-state index is 0.758. The van der Waals surface area contributed by atoms with Crippen LogP contribution in [0.3, 0.4) is 0 Å². The van der Waals surface area contributed by atoms with E-state index in [4.69, 9.17) is 0 Å². The first-order valence-corrected chi connectivity index (χ1v) is 5.06. The minimum atomic E-state index is 0.758. The normalized spacial score (nSPS) is 10.8. The molecule has 1 N–H and O–H groups in total. The van der Waals surface area contributed by atoms with Gasteiger partial charge in [-0.1, -0.05) is 22.6 Å². The molecular formula is C7H7IN4. The lowest BCUT2D eigenvalue weighted by molar-refractivity contribution is 1.07. The molecule has 0 aliphatic carbocycles. The standard InChI is InChI=1S/C7H7IN4/c1-4-10-5-3-9-6(2-8)12-7(5)11-4/h3H,2H2,1H3,(H,9,10,11,12). The van der Waals surface area contributed by atoms with Crippen molar-refractivity contribution in [1.82, 2.24) is 19.9 Å². The summed E-state index contributed by atoms with van der Waals surface area (Å²) >= 11 is 2.23. The predicted molar refractivity (Wildman–Crippen MR) is 54.1 cm³/mol. The predicted octanol–water partition coefficient (Wildman–Crippen LogP) is 1.60. The van der Waals surface area contributed by atoms with Gasteiger partial charge in [0.15, 0.2) is 5.65 Å². The fourth-order valence-electron chi connectivity index (χ4n) is 1.03. The Balaban J connectivity index is 2.66. The van der Waals surface area contributed by atoms with E-state index < -0.39 is 0 Å². The molecule has 2 aromatic rings. The third-order valence-corrected chi connectivity index (χ3v) is 2.21. The topological polar surface area (TPSA) is 54.5 Å². The summed E-state index contributed by atoms with van der Waals surface area (Å²) in [6.07, 6.45) is 1.77. The number of imidazole rings is 1. The van der Waals surface area contributed by atoms with Crippen LogP contribution in [0.15, 0.2) is 6.20 Å². The second-order valence-corrected chi connectivity index (χ2v) is 3.24. The second-order valence-electron chi connectivity index (χ2n) is 2.48. The molecule has 0 unspecified atom stereocenters. The fourth-order valence-corrected chi connectivity index (χ4v) is 1.40. The lowest BCUT2D eigenvalue weighted by Crippen LogP contribution is -1.89. The highest BCUT2D eigenvalue weighted by molar-refractivity contribution is 14.1. The number of fused-ring (bicyclic) bond motifs is 1. The van der Waals surface area contributed by atoms with Gasteiger partial charge >= 0.3 is 0 Å². The van der Waals surface area contributed by atoms with E-state index in [0.717, 1.165) is 27.2 Å². The number of aromatic nitrogens is 4. The SMILES string of the molecule is Cc1nc2nc(CI)ncc2[nH]1. The van der Waals surface area contributed by atoms with Crippen molar-refractivity contribution in [1.29, 1.82) is 0 Å². The molecule has 0 fully saturated rings. The summed E-state index contributed by atoms with van der Waals surface area (Å²) in [4.78, 5) is 15.7. The Morgan fingerprint density at radius 2 is 2.33 bits per heavy atom. The van der Waals surface area contributed by atoms with Gasteiger partial charge in [0.05, 0.1) is 10.6 Å². The fraction of sp³-hybridized carbons (Fsp3) is 0.286. The second kappa shape index (κ2) is 2.96. The van der Waals surface area contributed by atoms with Crippen LogP contribution in [0.5, 0.6) is 0 Å². The Morgan fingerprint density at radius 3 is 3.08 bits per heavy atom. The van der Waals surface area contributed by atoms with Crippen molar-refractivity contribution >= 4 is 33.8 Å². The molecule has 0 amide bonds. The number of hydrogen-bond acceptors (Lipinski definition) is 3. The van der Waals surface area contributed by atoms with Crippen molar-refractivity contribution in [2.75, 3.05) is 0 Å². The summed E-state index contributed by atoms with van der Waals surface area (Å²) in [7, 11) is 0. The van der Waals surface area contributed by atoms with Crippen LogP contribution in [-0.4, -0.2) is 19.9 Å². The smallest absolute Gasteiger partial charge is 0.181 e. The molecule has 0 aromatic carbocycles. The van der Waals surface area contributed by atoms with Gasteiger partial charge in [-0.25, -0.2) is 15.0 Å². The Labute approximate surface area is 83.0 Å². The molecule has 62 valence electrons. The highest BCUT2D eigenvalue weighted by Crippen LogP contribution is 2.08. The molecule has 0 spiro atoms. The van der Waals surface area contributed by atoms with Gasteiger partial charge in [-0.3, -0.25) is 0 Å². The summed E-state index contributed by atoms with van der Waals surface area (Å²) in [6.45, 7) is 1.91. The van der Waals surface area contributed by atoms with E-state index in [-0.39, 0.29) is 0 Å². The summed E-state index contributed by atoms with van der Waals surface area (Å²) < 4.78 is 0.819. The van der Waals surface area contributed by atoms with Crippen molar-refractivity contribution in [2.45, 2.75) is 11.4 Å². The van der Waals surface area contributed by atoms with Crippen LogP contribution in [0.1, 0.15) is 11.6 Å². The lowest BCUT2D eigenvalue weighted by atomic mass is 10.5. The van der Waals surface area contributed by atoms with Crippen molar-refractivity contribution in [3.63, 3.8) is 0 Å². The molecule has 0 aliphatic heterocycles. The van der Waals surface area contributed by atoms with Crippen LogP contribution in [0, 0.1) is 6.92 Å². The van der Waals surface area contributed by atoms with E-state index in [1.807, 2.05) is 6.92 Å². The highest BCUT2D eigenvalue weighted by Gasteiger charge is 2.01. The van der Waals surface area contributed by atoms with Gasteiger partial charge in [-0.05, 0) is 6.92 Å². The molecule has 0 atom stereocenters. The Hall–Kier alpha value is -0.720.